The van der Waals surface area contributed by atoms with Gasteiger partial charge in [0.15, 0.2) is 0 Å². The summed E-state index contributed by atoms with van der Waals surface area (Å²) in [4.78, 5) is 11.1. The molecule has 0 rings (SSSR count). The third-order valence-electron chi connectivity index (χ3n) is 2.10. The molecule has 4 heteroatoms. The first-order valence-corrected chi connectivity index (χ1v) is 7.17. The Balaban J connectivity index is 3.01. The first-order valence-electron chi connectivity index (χ1n) is 5.77. The molecule has 3 nitrogen and oxygen atoms in total. The van der Waals surface area contributed by atoms with Crippen molar-refractivity contribution in [1.29, 1.82) is 0 Å². The molecule has 0 heterocycles. The van der Waals surface area contributed by atoms with Crippen LogP contribution in [0.1, 0.15) is 32.6 Å². The number of carbonyl (C=O) groups excluding carboxylic acids is 1. The van der Waals surface area contributed by atoms with Crippen molar-refractivity contribution < 1.29 is 4.79 Å². The van der Waals surface area contributed by atoms with Crippen LogP contribution in [0.2, 0.25) is 0 Å². The van der Waals surface area contributed by atoms with E-state index in [1.54, 1.807) is 0 Å². The van der Waals surface area contributed by atoms with E-state index in [-0.39, 0.29) is 5.91 Å². The van der Waals surface area contributed by atoms with E-state index in [2.05, 4.69) is 16.9 Å². The first kappa shape index (κ1) is 14.8. The second-order valence-electron chi connectivity index (χ2n) is 3.51. The summed E-state index contributed by atoms with van der Waals surface area (Å²) in [5.41, 5.74) is 0. The lowest BCUT2D eigenvalue weighted by atomic mass is 10.2. The first-order chi connectivity index (χ1) is 7.31. The SMILES string of the molecule is CCNC(=O)CCNCCCCCSC. The van der Waals surface area contributed by atoms with Crippen LogP contribution in [0.3, 0.4) is 0 Å². The Bertz CT molecular complexity index is 154. The minimum atomic E-state index is 0.146. The quantitative estimate of drug-likeness (QED) is 0.563. The minimum absolute atomic E-state index is 0.146. The molecule has 1 amide bonds. The average Bonchev–Trinajstić information content (AvgIpc) is 2.22. The number of nitrogens with one attached hydrogen (secondary N) is 2. The Morgan fingerprint density at radius 1 is 1.20 bits per heavy atom. The molecule has 0 aromatic rings. The maximum atomic E-state index is 11.1. The lowest BCUT2D eigenvalue weighted by molar-refractivity contribution is -0.120. The molecule has 0 atom stereocenters. The summed E-state index contributed by atoms with van der Waals surface area (Å²) < 4.78 is 0. The standard InChI is InChI=1S/C11H24N2OS/c1-3-13-11(14)7-9-12-8-5-4-6-10-15-2/h12H,3-10H2,1-2H3,(H,13,14). The Kier molecular flexibility index (Phi) is 11.7. The fourth-order valence-corrected chi connectivity index (χ4v) is 1.78. The van der Waals surface area contributed by atoms with E-state index >= 15 is 0 Å². The largest absolute Gasteiger partial charge is 0.356 e. The average molecular weight is 232 g/mol. The number of unbranched alkanes of at least 4 members (excludes halogenated alkanes) is 2. The number of thioether (sulfide) groups is 1. The Hall–Kier alpha value is -0.220. The molecule has 0 unspecified atom stereocenters. The van der Waals surface area contributed by atoms with Crippen molar-refractivity contribution in [2.45, 2.75) is 32.6 Å². The summed E-state index contributed by atoms with van der Waals surface area (Å²) in [5.74, 6) is 1.41. The van der Waals surface area contributed by atoms with Crippen LogP contribution >= 0.6 is 11.8 Å². The summed E-state index contributed by atoms with van der Waals surface area (Å²) in [6.07, 6.45) is 6.55. The topological polar surface area (TPSA) is 41.1 Å². The van der Waals surface area contributed by atoms with Crippen LogP contribution in [0.15, 0.2) is 0 Å². The molecular weight excluding hydrogens is 208 g/mol. The molecule has 0 saturated heterocycles. The predicted molar refractivity (Wildman–Crippen MR) is 68.4 cm³/mol. The molecular formula is C11H24N2OS. The molecule has 0 spiro atoms. The van der Waals surface area contributed by atoms with Crippen molar-refractivity contribution >= 4 is 17.7 Å². The normalized spacial score (nSPS) is 10.3. The molecule has 0 radical (unpaired) electrons. The van der Waals surface area contributed by atoms with Crippen LogP contribution in [-0.4, -0.2) is 37.6 Å². The van der Waals surface area contributed by atoms with Gasteiger partial charge in [-0.25, -0.2) is 0 Å². The Morgan fingerprint density at radius 2 is 2.00 bits per heavy atom. The number of rotatable bonds is 10. The second kappa shape index (κ2) is 11.9. The van der Waals surface area contributed by atoms with Gasteiger partial charge in [0.25, 0.3) is 0 Å². The van der Waals surface area contributed by atoms with Gasteiger partial charge in [0.05, 0.1) is 0 Å². The van der Waals surface area contributed by atoms with Crippen molar-refractivity contribution in [3.05, 3.63) is 0 Å². The van der Waals surface area contributed by atoms with Crippen LogP contribution in [0.25, 0.3) is 0 Å². The molecule has 2 N–H and O–H groups in total. The molecule has 0 aliphatic heterocycles. The maximum absolute atomic E-state index is 11.1. The van der Waals surface area contributed by atoms with Crippen LogP contribution in [0.4, 0.5) is 0 Å². The zero-order valence-electron chi connectivity index (χ0n) is 9.97. The molecule has 0 saturated carbocycles. The van der Waals surface area contributed by atoms with Gasteiger partial charge in [-0.1, -0.05) is 6.42 Å². The molecule has 0 fully saturated rings. The molecule has 0 aromatic heterocycles. The smallest absolute Gasteiger partial charge is 0.221 e. The van der Waals surface area contributed by atoms with E-state index in [0.717, 1.165) is 19.6 Å². The van der Waals surface area contributed by atoms with Crippen molar-refractivity contribution in [3.8, 4) is 0 Å². The third kappa shape index (κ3) is 11.7. The third-order valence-corrected chi connectivity index (χ3v) is 2.80. The highest BCUT2D eigenvalue weighted by Crippen LogP contribution is 2.01. The van der Waals surface area contributed by atoms with E-state index < -0.39 is 0 Å². The zero-order valence-corrected chi connectivity index (χ0v) is 10.8. The van der Waals surface area contributed by atoms with E-state index in [4.69, 9.17) is 0 Å². The lowest BCUT2D eigenvalue weighted by Crippen LogP contribution is -2.27. The van der Waals surface area contributed by atoms with Crippen LogP contribution < -0.4 is 10.6 Å². The van der Waals surface area contributed by atoms with Crippen LogP contribution in [0.5, 0.6) is 0 Å². The van der Waals surface area contributed by atoms with Crippen molar-refractivity contribution in [2.24, 2.45) is 0 Å². The second-order valence-corrected chi connectivity index (χ2v) is 4.49. The predicted octanol–water partition coefficient (Wildman–Crippen LogP) is 1.64. The van der Waals surface area contributed by atoms with Crippen LogP contribution in [0, 0.1) is 0 Å². The fraction of sp³-hybridized carbons (Fsp3) is 0.909. The molecule has 15 heavy (non-hydrogen) atoms. The van der Waals surface area contributed by atoms with Crippen molar-refractivity contribution in [1.82, 2.24) is 10.6 Å². The van der Waals surface area contributed by atoms with Gasteiger partial charge in [-0.3, -0.25) is 4.79 Å². The van der Waals surface area contributed by atoms with Gasteiger partial charge in [0.2, 0.25) is 5.91 Å². The maximum Gasteiger partial charge on any atom is 0.221 e. The number of carbonyl (C=O) groups is 1. The van der Waals surface area contributed by atoms with Gasteiger partial charge in [0, 0.05) is 19.5 Å². The van der Waals surface area contributed by atoms with E-state index in [0.29, 0.717) is 6.42 Å². The number of amides is 1. The van der Waals surface area contributed by atoms with Gasteiger partial charge < -0.3 is 10.6 Å². The fourth-order valence-electron chi connectivity index (χ4n) is 1.29. The summed E-state index contributed by atoms with van der Waals surface area (Å²) in [6.45, 7) is 4.51. The highest BCUT2D eigenvalue weighted by Gasteiger charge is 1.97. The monoisotopic (exact) mass is 232 g/mol. The van der Waals surface area contributed by atoms with E-state index in [9.17, 15) is 4.79 Å². The number of hydrogen-bond donors (Lipinski definition) is 2. The van der Waals surface area contributed by atoms with Crippen molar-refractivity contribution in [2.75, 3.05) is 31.6 Å². The van der Waals surface area contributed by atoms with Gasteiger partial charge in [-0.05, 0) is 38.3 Å². The van der Waals surface area contributed by atoms with Crippen LogP contribution in [-0.2, 0) is 4.79 Å². The highest BCUT2D eigenvalue weighted by molar-refractivity contribution is 7.98. The molecule has 0 aliphatic carbocycles. The van der Waals surface area contributed by atoms with Crippen molar-refractivity contribution in [3.63, 3.8) is 0 Å². The van der Waals surface area contributed by atoms with Gasteiger partial charge in [-0.2, -0.15) is 11.8 Å². The summed E-state index contributed by atoms with van der Waals surface area (Å²) in [5, 5.41) is 6.07. The number of hydrogen-bond acceptors (Lipinski definition) is 3. The zero-order chi connectivity index (χ0) is 11.4. The highest BCUT2D eigenvalue weighted by atomic mass is 32.2. The van der Waals surface area contributed by atoms with Gasteiger partial charge in [-0.15, -0.1) is 0 Å². The van der Waals surface area contributed by atoms with E-state index in [1.807, 2.05) is 18.7 Å². The molecule has 0 aromatic carbocycles. The van der Waals surface area contributed by atoms with Gasteiger partial charge >= 0.3 is 0 Å². The summed E-state index contributed by atoms with van der Waals surface area (Å²) >= 11 is 1.91. The Labute approximate surface area is 97.8 Å². The van der Waals surface area contributed by atoms with E-state index in [1.165, 1.54) is 25.0 Å². The Morgan fingerprint density at radius 3 is 2.67 bits per heavy atom. The molecule has 0 aliphatic rings. The minimum Gasteiger partial charge on any atom is -0.356 e. The molecule has 90 valence electrons. The summed E-state index contributed by atoms with van der Waals surface area (Å²) in [7, 11) is 0. The lowest BCUT2D eigenvalue weighted by Gasteiger charge is -2.04. The summed E-state index contributed by atoms with van der Waals surface area (Å²) in [6, 6.07) is 0. The molecule has 0 bridgehead atoms. The van der Waals surface area contributed by atoms with Gasteiger partial charge in [0.1, 0.15) is 0 Å².